The normalized spacial score (nSPS) is 12.3. The summed E-state index contributed by atoms with van der Waals surface area (Å²) in [5.74, 6) is 0.406. The first-order chi connectivity index (χ1) is 13.7. The van der Waals surface area contributed by atoms with Crippen molar-refractivity contribution in [2.75, 3.05) is 14.2 Å². The molecular weight excluding hydrogens is 422 g/mol. The second kappa shape index (κ2) is 11.9. The molecule has 0 heterocycles. The molecule has 0 spiro atoms. The summed E-state index contributed by atoms with van der Waals surface area (Å²) < 4.78 is 39.4. The van der Waals surface area contributed by atoms with Crippen LogP contribution in [0.5, 0.6) is 0 Å². The van der Waals surface area contributed by atoms with Crippen LogP contribution in [-0.4, -0.2) is 25.7 Å². The Bertz CT molecular complexity index is 928. The van der Waals surface area contributed by atoms with E-state index in [-0.39, 0.29) is 63.6 Å². The molecule has 2 aromatic carbocycles. The van der Waals surface area contributed by atoms with Gasteiger partial charge in [-0.15, -0.1) is 0 Å². The first kappa shape index (κ1) is 26.6. The van der Waals surface area contributed by atoms with Crippen molar-refractivity contribution in [2.24, 2.45) is 10.3 Å². The van der Waals surface area contributed by atoms with Crippen molar-refractivity contribution in [3.8, 4) is 0 Å². The smallest absolute Gasteiger partial charge is 0.497 e. The van der Waals surface area contributed by atoms with Crippen LogP contribution >= 0.6 is 0 Å². The molecule has 156 valence electrons. The van der Waals surface area contributed by atoms with Crippen molar-refractivity contribution in [1.82, 2.24) is 0 Å². The van der Waals surface area contributed by atoms with Gasteiger partial charge in [-0.1, -0.05) is 42.5 Å². The van der Waals surface area contributed by atoms with Crippen LogP contribution in [0.1, 0.15) is 40.3 Å². The number of amidine groups is 1. The molecule has 30 heavy (non-hydrogen) atoms. The third-order valence-electron chi connectivity index (χ3n) is 4.41. The summed E-state index contributed by atoms with van der Waals surface area (Å²) in [6.45, 7) is 5.04. The number of aryl methyl sites for hydroxylation is 2. The molecule has 5 nitrogen and oxygen atoms in total. The Morgan fingerprint density at radius 1 is 1.07 bits per heavy atom. The fourth-order valence-electron chi connectivity index (χ4n) is 2.80. The van der Waals surface area contributed by atoms with Crippen LogP contribution in [0, 0.1) is 13.8 Å². The van der Waals surface area contributed by atoms with Gasteiger partial charge in [0.25, 0.3) is 0 Å². The zero-order chi connectivity index (χ0) is 21.6. The summed E-state index contributed by atoms with van der Waals surface area (Å²) in [7, 11) is 3.03. The van der Waals surface area contributed by atoms with Crippen LogP contribution in [-0.2, 0) is 22.5 Å². The zero-order valence-corrected chi connectivity index (χ0v) is 21.1. The monoisotopic (exact) mass is 445 g/mol. The first-order valence-corrected chi connectivity index (χ1v) is 8.83. The van der Waals surface area contributed by atoms with Crippen LogP contribution in [0.15, 0.2) is 46.7 Å². The van der Waals surface area contributed by atoms with E-state index in [2.05, 4.69) is 15.6 Å². The van der Waals surface area contributed by atoms with Gasteiger partial charge in [0.1, 0.15) is 6.61 Å². The molecule has 0 aliphatic carbocycles. The fourth-order valence-corrected chi connectivity index (χ4v) is 2.80. The summed E-state index contributed by atoms with van der Waals surface area (Å²) in [5.41, 5.74) is 2.65. The van der Waals surface area contributed by atoms with Crippen molar-refractivity contribution in [3.63, 3.8) is 0 Å². The quantitative estimate of drug-likeness (QED) is 0.297. The number of halogens is 3. The molecule has 2 rings (SSSR count). The maximum atomic E-state index is 13.1. The van der Waals surface area contributed by atoms with Crippen LogP contribution in [0.4, 0.5) is 13.2 Å². The van der Waals surface area contributed by atoms with Crippen LogP contribution in [0.25, 0.3) is 5.32 Å². The third-order valence-corrected chi connectivity index (χ3v) is 4.41. The number of oxime groups is 2. The Balaban J connectivity index is 0.00000450. The van der Waals surface area contributed by atoms with Crippen molar-refractivity contribution >= 4 is 11.5 Å². The number of alkyl halides is 3. The Labute approximate surface area is 217 Å². The maximum absolute atomic E-state index is 13.1. The Hall–Kier alpha value is -1.39. The summed E-state index contributed by atoms with van der Waals surface area (Å²) in [6, 6.07) is 9.70. The molecule has 0 aliphatic rings. The van der Waals surface area contributed by atoms with Gasteiger partial charge in [0.15, 0.2) is 0 Å². The molecule has 0 saturated carbocycles. The van der Waals surface area contributed by atoms with E-state index in [1.807, 2.05) is 25.1 Å². The minimum Gasteiger partial charge on any atom is -0.497 e. The Morgan fingerprint density at radius 3 is 2.37 bits per heavy atom. The second-order valence-corrected chi connectivity index (χ2v) is 6.40. The molecular formula is C21H23F3KN3O2. The van der Waals surface area contributed by atoms with Crippen molar-refractivity contribution in [3.05, 3.63) is 75.1 Å². The number of benzene rings is 2. The summed E-state index contributed by atoms with van der Waals surface area (Å²) in [4.78, 5) is 10.3. The van der Waals surface area contributed by atoms with E-state index in [9.17, 15) is 13.2 Å². The maximum Gasteiger partial charge on any atom is 1.00 e. The predicted molar refractivity (Wildman–Crippen MR) is 107 cm³/mol. The average molecular weight is 446 g/mol. The van der Waals surface area contributed by atoms with E-state index >= 15 is 0 Å². The second-order valence-electron chi connectivity index (χ2n) is 6.40. The van der Waals surface area contributed by atoms with Gasteiger partial charge in [0.2, 0.25) is 0 Å². The molecule has 9 heteroatoms. The van der Waals surface area contributed by atoms with Crippen LogP contribution < -0.4 is 51.4 Å². The van der Waals surface area contributed by atoms with Crippen molar-refractivity contribution < 1.29 is 74.2 Å². The molecule has 0 radical (unpaired) electrons. The summed E-state index contributed by atoms with van der Waals surface area (Å²) in [5, 5.41) is 12.0. The van der Waals surface area contributed by atoms with Gasteiger partial charge in [-0.05, 0) is 54.9 Å². The molecule has 0 unspecified atom stereocenters. The third kappa shape index (κ3) is 6.81. The minimum atomic E-state index is -4.42. The Morgan fingerprint density at radius 2 is 1.77 bits per heavy atom. The number of hydrogen-bond donors (Lipinski definition) is 0. The molecule has 0 N–H and O–H groups in total. The molecule has 0 atom stereocenters. The van der Waals surface area contributed by atoms with Crippen LogP contribution in [0.3, 0.4) is 0 Å². The van der Waals surface area contributed by atoms with Gasteiger partial charge in [-0.3, -0.25) is 5.16 Å². The van der Waals surface area contributed by atoms with Crippen molar-refractivity contribution in [2.45, 2.75) is 33.6 Å². The first-order valence-electron chi connectivity index (χ1n) is 8.83. The minimum absolute atomic E-state index is 0. The van der Waals surface area contributed by atoms with Gasteiger partial charge in [-0.25, -0.2) is 0 Å². The molecule has 2 aromatic rings. The van der Waals surface area contributed by atoms with Crippen molar-refractivity contribution in [1.29, 1.82) is 0 Å². The molecule has 0 aliphatic heterocycles. The van der Waals surface area contributed by atoms with Gasteiger partial charge >= 0.3 is 57.6 Å². The summed E-state index contributed by atoms with van der Waals surface area (Å²) in [6.07, 6.45) is -4.42. The number of nitrogens with zero attached hydrogens (tertiary/aromatic N) is 3. The molecule has 0 fully saturated rings. The fraction of sp³-hybridized carbons (Fsp3) is 0.333. The van der Waals surface area contributed by atoms with E-state index in [0.717, 1.165) is 22.8 Å². The van der Waals surface area contributed by atoms with E-state index in [0.29, 0.717) is 17.1 Å². The van der Waals surface area contributed by atoms with E-state index in [1.54, 1.807) is 20.0 Å². The van der Waals surface area contributed by atoms with E-state index in [1.165, 1.54) is 20.1 Å². The predicted octanol–water partition coefficient (Wildman–Crippen LogP) is 2.58. The number of rotatable bonds is 6. The molecule has 0 amide bonds. The summed E-state index contributed by atoms with van der Waals surface area (Å²) >= 11 is 0. The SMILES string of the molecule is C[N-]/C(=N/OC)c1cccc(C)c1CO/N=C(\C)c1ccc(C)c(C(F)(F)F)c1.[K+]. The van der Waals surface area contributed by atoms with E-state index < -0.39 is 11.7 Å². The van der Waals surface area contributed by atoms with Gasteiger partial charge in [0, 0.05) is 5.56 Å². The zero-order valence-electron chi connectivity index (χ0n) is 18.0. The molecule has 0 saturated heterocycles. The van der Waals surface area contributed by atoms with Gasteiger partial charge in [-0.2, -0.15) is 13.2 Å². The van der Waals surface area contributed by atoms with Crippen LogP contribution in [0.2, 0.25) is 0 Å². The largest absolute Gasteiger partial charge is 1.00 e. The molecule has 0 bridgehead atoms. The average Bonchev–Trinajstić information content (AvgIpc) is 2.66. The topological polar surface area (TPSA) is 57.3 Å². The standard InChI is InChI=1S/C21H23F3N3O2.K/c1-13-7-6-8-17(20(25-4)27-28-5)18(13)12-29-26-15(3)16-10-9-14(2)19(11-16)21(22,23)24;/h6-11H,12H2,1-5H3;/q-1;+1/b26-15+;. The van der Waals surface area contributed by atoms with Gasteiger partial charge in [0.05, 0.1) is 18.4 Å². The Kier molecular flexibility index (Phi) is 10.5. The number of hydrogen-bond acceptors (Lipinski definition) is 4. The van der Waals surface area contributed by atoms with Gasteiger partial charge < -0.3 is 15.0 Å². The van der Waals surface area contributed by atoms with E-state index in [4.69, 9.17) is 9.68 Å². The molecule has 0 aromatic heterocycles.